The van der Waals surface area contributed by atoms with Gasteiger partial charge in [0.1, 0.15) is 11.2 Å². The number of hydrogen-bond acceptors (Lipinski definition) is 4. The van der Waals surface area contributed by atoms with E-state index in [9.17, 15) is 0 Å². The molecule has 5 nitrogen and oxygen atoms in total. The fourth-order valence-electron chi connectivity index (χ4n) is 13.2. The lowest BCUT2D eigenvalue weighted by atomic mass is 9.70. The number of fused-ring (bicyclic) bond motifs is 22. The van der Waals surface area contributed by atoms with Crippen LogP contribution in [0.5, 0.6) is 0 Å². The highest BCUT2D eigenvalue weighted by Gasteiger charge is 2.55. The molecular weight excluding hydrogens is 863 g/mol. The minimum atomic E-state index is -0.574. The van der Waals surface area contributed by atoms with Crippen LogP contribution in [0.15, 0.2) is 237 Å². The third kappa shape index (κ3) is 4.89. The van der Waals surface area contributed by atoms with Crippen LogP contribution in [0, 0.1) is 0 Å². The molecule has 0 fully saturated rings. The Morgan fingerprint density at radius 2 is 0.704 bits per heavy atom. The maximum Gasteiger partial charge on any atom is 0.164 e. The molecule has 3 heterocycles. The summed E-state index contributed by atoms with van der Waals surface area (Å²) in [7, 11) is 0. The van der Waals surface area contributed by atoms with E-state index in [-0.39, 0.29) is 0 Å². The highest BCUT2D eigenvalue weighted by atomic mass is 15.1. The SMILES string of the molecule is c1ccc(-c2nc(-c3ccc(-c4cccc5c4-c4ccccc4C54c5ccccc5-n5c4nc4ccccc45)cc3)nc(-c3cccc4c3-c3ccccc3C43c4ccccc4-c4ccccc43)n2)cc1. The highest BCUT2D eigenvalue weighted by Crippen LogP contribution is 2.65. The van der Waals surface area contributed by atoms with Gasteiger partial charge in [-0.3, -0.25) is 4.57 Å². The van der Waals surface area contributed by atoms with Crippen molar-refractivity contribution in [1.82, 2.24) is 24.5 Å². The van der Waals surface area contributed by atoms with E-state index in [4.69, 9.17) is 19.9 Å². The summed E-state index contributed by atoms with van der Waals surface area (Å²) in [6.07, 6.45) is 0. The monoisotopic (exact) mass is 901 g/mol. The fraction of sp³-hybridized carbons (Fsp3) is 0.0303. The smallest absolute Gasteiger partial charge is 0.164 e. The molecule has 328 valence electrons. The Bertz CT molecular complexity index is 4200. The van der Waals surface area contributed by atoms with Crippen LogP contribution in [0.2, 0.25) is 0 Å². The normalized spacial score (nSPS) is 15.5. The van der Waals surface area contributed by atoms with Crippen molar-refractivity contribution in [1.29, 1.82) is 0 Å². The molecule has 0 bridgehead atoms. The van der Waals surface area contributed by atoms with Crippen molar-refractivity contribution in [2.45, 2.75) is 10.8 Å². The van der Waals surface area contributed by atoms with E-state index in [0.29, 0.717) is 17.5 Å². The number of para-hydroxylation sites is 3. The van der Waals surface area contributed by atoms with E-state index >= 15 is 0 Å². The number of imidazole rings is 1. The van der Waals surface area contributed by atoms with E-state index in [2.05, 4.69) is 223 Å². The molecule has 0 saturated carbocycles. The lowest BCUT2D eigenvalue weighted by Crippen LogP contribution is -2.27. The number of benzene rings is 10. The first-order valence-electron chi connectivity index (χ1n) is 24.4. The van der Waals surface area contributed by atoms with Gasteiger partial charge in [-0.2, -0.15) is 0 Å². The average Bonchev–Trinajstić information content (AvgIpc) is 4.22. The van der Waals surface area contributed by atoms with Gasteiger partial charge in [-0.1, -0.05) is 218 Å². The van der Waals surface area contributed by atoms with Gasteiger partial charge in [0.05, 0.1) is 22.1 Å². The van der Waals surface area contributed by atoms with Crippen LogP contribution in [-0.4, -0.2) is 24.5 Å². The first kappa shape index (κ1) is 38.6. The molecule has 1 aliphatic heterocycles. The first-order valence-corrected chi connectivity index (χ1v) is 24.4. The third-order valence-corrected chi connectivity index (χ3v) is 15.9. The molecule has 12 aromatic rings. The van der Waals surface area contributed by atoms with Crippen LogP contribution in [0.1, 0.15) is 44.8 Å². The van der Waals surface area contributed by atoms with Crippen LogP contribution in [0.4, 0.5) is 0 Å². The van der Waals surface area contributed by atoms with Gasteiger partial charge < -0.3 is 0 Å². The van der Waals surface area contributed by atoms with Crippen LogP contribution in [-0.2, 0) is 10.8 Å². The summed E-state index contributed by atoms with van der Waals surface area (Å²) in [5.74, 6) is 2.95. The summed E-state index contributed by atoms with van der Waals surface area (Å²) in [5, 5.41) is 0. The van der Waals surface area contributed by atoms with Crippen molar-refractivity contribution in [2.75, 3.05) is 0 Å². The lowest BCUT2D eigenvalue weighted by Gasteiger charge is -2.30. The first-order chi connectivity index (χ1) is 35.2. The van der Waals surface area contributed by atoms with Gasteiger partial charge in [0, 0.05) is 16.7 Å². The molecule has 10 aromatic carbocycles. The molecule has 2 aromatic heterocycles. The molecule has 0 amide bonds. The molecule has 4 aliphatic rings. The summed E-state index contributed by atoms with van der Waals surface area (Å²) in [6, 6.07) is 85.7. The summed E-state index contributed by atoms with van der Waals surface area (Å²) in [4.78, 5) is 21.4. The number of hydrogen-bond donors (Lipinski definition) is 0. The Hall–Kier alpha value is -9.32. The van der Waals surface area contributed by atoms with Gasteiger partial charge in [0.25, 0.3) is 0 Å². The summed E-state index contributed by atoms with van der Waals surface area (Å²) in [6.45, 7) is 0. The molecule has 3 aliphatic carbocycles. The maximum atomic E-state index is 5.46. The second kappa shape index (κ2) is 14.1. The minimum absolute atomic E-state index is 0.475. The number of rotatable bonds is 4. The molecule has 0 radical (unpaired) electrons. The van der Waals surface area contributed by atoms with E-state index in [1.807, 2.05) is 18.2 Å². The van der Waals surface area contributed by atoms with Crippen LogP contribution >= 0.6 is 0 Å². The van der Waals surface area contributed by atoms with Crippen LogP contribution < -0.4 is 0 Å². The highest BCUT2D eigenvalue weighted by molar-refractivity contribution is 6.00. The standard InChI is InChI=1S/C66H39N5/c1-2-18-41(19-3-1)61-68-62(70-63(69-61)48-25-17-31-54-60(48)46-22-6-10-28-51(46)65(54)49-26-8-4-20-44(49)45-21-5-9-27-50(45)65)42-38-36-40(37-39-42)43-24-16-32-55-59(43)47-23-7-11-29-52(47)66(55)53-30-12-14-34-57(53)71-58-35-15-13-33-56(58)67-64(66)71/h1-39H. The van der Waals surface area contributed by atoms with Crippen molar-refractivity contribution < 1.29 is 0 Å². The quantitative estimate of drug-likeness (QED) is 0.177. The zero-order valence-corrected chi connectivity index (χ0v) is 38.3. The number of nitrogens with zero attached hydrogens (tertiary/aromatic N) is 5. The largest absolute Gasteiger partial charge is 0.295 e. The van der Waals surface area contributed by atoms with Gasteiger partial charge >= 0.3 is 0 Å². The summed E-state index contributed by atoms with van der Waals surface area (Å²) >= 11 is 0. The summed E-state index contributed by atoms with van der Waals surface area (Å²) in [5.41, 5.74) is 23.7. The van der Waals surface area contributed by atoms with Gasteiger partial charge in [-0.15, -0.1) is 0 Å². The molecule has 1 unspecified atom stereocenters. The van der Waals surface area contributed by atoms with Crippen molar-refractivity contribution in [2.24, 2.45) is 0 Å². The van der Waals surface area contributed by atoms with E-state index in [1.54, 1.807) is 0 Å². The lowest BCUT2D eigenvalue weighted by molar-refractivity contribution is 0.738. The van der Waals surface area contributed by atoms with Gasteiger partial charge in [0.15, 0.2) is 17.5 Å². The van der Waals surface area contributed by atoms with E-state index < -0.39 is 10.8 Å². The third-order valence-electron chi connectivity index (χ3n) is 15.9. The van der Waals surface area contributed by atoms with Crippen molar-refractivity contribution >= 4 is 11.0 Å². The Labute approximate surface area is 410 Å². The van der Waals surface area contributed by atoms with Crippen molar-refractivity contribution in [3.8, 4) is 84.4 Å². The van der Waals surface area contributed by atoms with Gasteiger partial charge in [-0.25, -0.2) is 19.9 Å². The molecule has 1 atom stereocenters. The van der Waals surface area contributed by atoms with E-state index in [1.165, 1.54) is 78.0 Å². The Morgan fingerprint density at radius 3 is 1.38 bits per heavy atom. The Balaban J connectivity index is 0.866. The minimum Gasteiger partial charge on any atom is -0.295 e. The summed E-state index contributed by atoms with van der Waals surface area (Å²) < 4.78 is 2.39. The predicted octanol–water partition coefficient (Wildman–Crippen LogP) is 14.9. The Kier molecular flexibility index (Phi) is 7.69. The molecule has 5 heteroatoms. The van der Waals surface area contributed by atoms with Gasteiger partial charge in [0.2, 0.25) is 0 Å². The van der Waals surface area contributed by atoms with Gasteiger partial charge in [-0.05, 0) is 102 Å². The molecule has 0 N–H and O–H groups in total. The molecule has 71 heavy (non-hydrogen) atoms. The molecular formula is C66H39N5. The molecule has 2 spiro atoms. The Morgan fingerprint density at radius 1 is 0.268 bits per heavy atom. The average molecular weight is 902 g/mol. The van der Waals surface area contributed by atoms with Crippen molar-refractivity contribution in [3.63, 3.8) is 0 Å². The molecule has 0 saturated heterocycles. The van der Waals surface area contributed by atoms with Crippen LogP contribution in [0.3, 0.4) is 0 Å². The zero-order valence-electron chi connectivity index (χ0n) is 38.3. The second-order valence-corrected chi connectivity index (χ2v) is 19.2. The van der Waals surface area contributed by atoms with E-state index in [0.717, 1.165) is 44.7 Å². The zero-order chi connectivity index (χ0) is 46.4. The van der Waals surface area contributed by atoms with Crippen molar-refractivity contribution in [3.05, 3.63) is 281 Å². The topological polar surface area (TPSA) is 56.5 Å². The van der Waals surface area contributed by atoms with Crippen LogP contribution in [0.25, 0.3) is 95.4 Å². The predicted molar refractivity (Wildman–Crippen MR) is 283 cm³/mol. The number of aromatic nitrogens is 5. The molecule has 16 rings (SSSR count). The fourth-order valence-corrected chi connectivity index (χ4v) is 13.2. The second-order valence-electron chi connectivity index (χ2n) is 19.2. The maximum absolute atomic E-state index is 5.46.